The van der Waals surface area contributed by atoms with Gasteiger partial charge in [-0.15, -0.1) is 0 Å². The lowest BCUT2D eigenvalue weighted by molar-refractivity contribution is -0.138. The van der Waals surface area contributed by atoms with E-state index in [1.165, 1.54) is 0 Å². The first kappa shape index (κ1) is 28.2. The van der Waals surface area contributed by atoms with Gasteiger partial charge >= 0.3 is 11.9 Å². The first-order valence-electron chi connectivity index (χ1n) is 13.0. The summed E-state index contributed by atoms with van der Waals surface area (Å²) in [6, 6.07) is 13.4. The fourth-order valence-corrected chi connectivity index (χ4v) is 5.42. The number of carboxylic acids is 2. The second-order valence-corrected chi connectivity index (χ2v) is 10.7. The third-order valence-corrected chi connectivity index (χ3v) is 7.49. The molecule has 2 aromatic carbocycles. The van der Waals surface area contributed by atoms with Crippen LogP contribution >= 0.6 is 11.3 Å². The summed E-state index contributed by atoms with van der Waals surface area (Å²) in [4.78, 5) is 36.4. The van der Waals surface area contributed by atoms with Crippen LogP contribution in [0.2, 0.25) is 0 Å². The van der Waals surface area contributed by atoms with E-state index in [0.29, 0.717) is 29.9 Å². The third-order valence-electron chi connectivity index (χ3n) is 6.80. The monoisotopic (exact) mass is 551 g/mol. The van der Waals surface area contributed by atoms with Crippen molar-refractivity contribution < 1.29 is 34.1 Å². The van der Waals surface area contributed by atoms with Gasteiger partial charge in [0.1, 0.15) is 11.5 Å². The van der Waals surface area contributed by atoms with Gasteiger partial charge in [-0.1, -0.05) is 12.1 Å². The predicted molar refractivity (Wildman–Crippen MR) is 149 cm³/mol. The van der Waals surface area contributed by atoms with E-state index in [-0.39, 0.29) is 37.4 Å². The van der Waals surface area contributed by atoms with Crippen LogP contribution in [0.25, 0.3) is 11.1 Å². The van der Waals surface area contributed by atoms with Crippen molar-refractivity contribution in [3.05, 3.63) is 69.9 Å². The molecule has 0 saturated heterocycles. The van der Waals surface area contributed by atoms with Gasteiger partial charge in [-0.3, -0.25) is 14.4 Å². The number of aliphatic carboxylic acids is 2. The van der Waals surface area contributed by atoms with E-state index >= 15 is 0 Å². The molecule has 9 heteroatoms. The van der Waals surface area contributed by atoms with E-state index in [1.807, 2.05) is 47.2 Å². The zero-order valence-electron chi connectivity index (χ0n) is 22.1. The van der Waals surface area contributed by atoms with Gasteiger partial charge in [0.25, 0.3) is 5.91 Å². The smallest absolute Gasteiger partial charge is 0.303 e. The van der Waals surface area contributed by atoms with Crippen LogP contribution in [0.5, 0.6) is 11.5 Å². The first-order chi connectivity index (χ1) is 18.7. The second-order valence-electron chi connectivity index (χ2n) is 9.93. The van der Waals surface area contributed by atoms with E-state index in [9.17, 15) is 19.5 Å². The van der Waals surface area contributed by atoms with Crippen LogP contribution in [0.4, 0.5) is 0 Å². The molecule has 206 valence electrons. The summed E-state index contributed by atoms with van der Waals surface area (Å²) in [6.07, 6.45) is 2.17. The topological polar surface area (TPSA) is 113 Å². The number of ether oxygens (including phenoxy) is 2. The van der Waals surface area contributed by atoms with Gasteiger partial charge in [-0.05, 0) is 94.9 Å². The lowest BCUT2D eigenvalue weighted by Gasteiger charge is -2.37. The molecule has 0 atom stereocenters. The minimum absolute atomic E-state index is 0.0151. The quantitative estimate of drug-likeness (QED) is 0.262. The summed E-state index contributed by atoms with van der Waals surface area (Å²) in [5.74, 6) is -0.410. The van der Waals surface area contributed by atoms with E-state index in [0.717, 1.165) is 35.1 Å². The van der Waals surface area contributed by atoms with Gasteiger partial charge in [-0.2, -0.15) is 11.3 Å². The molecule has 1 saturated carbocycles. The maximum absolute atomic E-state index is 12.7. The third kappa shape index (κ3) is 7.38. The molecular weight excluding hydrogens is 518 g/mol. The fraction of sp³-hybridized carbons (Fsp3) is 0.367. The van der Waals surface area contributed by atoms with Crippen LogP contribution in [-0.4, -0.2) is 59.8 Å². The standard InChI is InChI=1S/C30H33NO7S/c1-31(2)30(36)22-13-20(19-10-12-39-18-19)14-23(17-22)38-24-15-21(16-24)25-5-3-6-27(26(25)8-9-29(34)35)37-11-4-7-28(32)33/h3,5-6,10,12-14,17-18,21,24H,4,7-9,11,15-16H2,1-2H3,(H,32,33)(H,34,35). The van der Waals surface area contributed by atoms with Crippen molar-refractivity contribution in [1.82, 2.24) is 4.90 Å². The van der Waals surface area contributed by atoms with Gasteiger partial charge in [0.15, 0.2) is 0 Å². The molecule has 1 fully saturated rings. The summed E-state index contributed by atoms with van der Waals surface area (Å²) in [5, 5.41) is 22.2. The number of carboxylic acid groups (broad SMARTS) is 2. The largest absolute Gasteiger partial charge is 0.493 e. The zero-order valence-corrected chi connectivity index (χ0v) is 22.9. The Morgan fingerprint density at radius 2 is 1.77 bits per heavy atom. The summed E-state index contributed by atoms with van der Waals surface area (Å²) < 4.78 is 12.2. The fourth-order valence-electron chi connectivity index (χ4n) is 4.76. The summed E-state index contributed by atoms with van der Waals surface area (Å²) >= 11 is 1.59. The molecule has 1 heterocycles. The van der Waals surface area contributed by atoms with Gasteiger partial charge in [0.05, 0.1) is 12.7 Å². The van der Waals surface area contributed by atoms with E-state index < -0.39 is 11.9 Å². The molecule has 3 aromatic rings. The minimum atomic E-state index is -0.884. The highest BCUT2D eigenvalue weighted by atomic mass is 32.1. The van der Waals surface area contributed by atoms with E-state index in [2.05, 4.69) is 0 Å². The summed E-state index contributed by atoms with van der Waals surface area (Å²) in [6.45, 7) is 0.251. The molecule has 1 aliphatic carbocycles. The van der Waals surface area contributed by atoms with Crippen molar-refractivity contribution in [2.75, 3.05) is 20.7 Å². The average Bonchev–Trinajstić information content (AvgIpc) is 3.42. The van der Waals surface area contributed by atoms with Gasteiger partial charge in [-0.25, -0.2) is 0 Å². The van der Waals surface area contributed by atoms with Crippen molar-refractivity contribution in [3.63, 3.8) is 0 Å². The minimum Gasteiger partial charge on any atom is -0.493 e. The highest BCUT2D eigenvalue weighted by molar-refractivity contribution is 7.08. The Labute approximate surface area is 231 Å². The number of carbonyl (C=O) groups excluding carboxylic acids is 1. The van der Waals surface area contributed by atoms with Crippen molar-refractivity contribution in [3.8, 4) is 22.6 Å². The molecule has 39 heavy (non-hydrogen) atoms. The molecule has 1 aliphatic rings. The normalized spacial score (nSPS) is 16.3. The predicted octanol–water partition coefficient (Wildman–Crippen LogP) is 5.70. The van der Waals surface area contributed by atoms with Gasteiger partial charge in [0.2, 0.25) is 0 Å². The number of thiophene rings is 1. The number of hydrogen-bond donors (Lipinski definition) is 2. The molecule has 0 radical (unpaired) electrons. The molecule has 4 rings (SSSR count). The number of hydrogen-bond acceptors (Lipinski definition) is 6. The highest BCUT2D eigenvalue weighted by Gasteiger charge is 2.34. The van der Waals surface area contributed by atoms with Crippen LogP contribution in [0.15, 0.2) is 53.2 Å². The Kier molecular flexibility index (Phi) is 9.24. The maximum Gasteiger partial charge on any atom is 0.303 e. The Morgan fingerprint density at radius 1 is 1.00 bits per heavy atom. The molecule has 2 N–H and O–H groups in total. The molecule has 1 aromatic heterocycles. The lowest BCUT2D eigenvalue weighted by atomic mass is 9.75. The van der Waals surface area contributed by atoms with Crippen LogP contribution in [0, 0.1) is 0 Å². The SMILES string of the molecule is CN(C)C(=O)c1cc(OC2CC(c3cccc(OCCCC(=O)O)c3CCC(=O)O)C2)cc(-c2ccsc2)c1. The van der Waals surface area contributed by atoms with Crippen LogP contribution < -0.4 is 9.47 Å². The maximum atomic E-state index is 12.7. The van der Waals surface area contributed by atoms with Crippen molar-refractivity contribution in [2.45, 2.75) is 50.5 Å². The number of nitrogens with zero attached hydrogens (tertiary/aromatic N) is 1. The molecule has 0 bridgehead atoms. The lowest BCUT2D eigenvalue weighted by Crippen LogP contribution is -2.33. The van der Waals surface area contributed by atoms with Crippen LogP contribution in [0.1, 0.15) is 59.5 Å². The van der Waals surface area contributed by atoms with E-state index in [4.69, 9.17) is 14.6 Å². The number of benzene rings is 2. The number of amides is 1. The highest BCUT2D eigenvalue weighted by Crippen LogP contribution is 2.43. The van der Waals surface area contributed by atoms with Gasteiger partial charge in [0, 0.05) is 32.5 Å². The Balaban J connectivity index is 1.48. The molecule has 0 unspecified atom stereocenters. The number of rotatable bonds is 13. The van der Waals surface area contributed by atoms with Crippen molar-refractivity contribution >= 4 is 29.2 Å². The van der Waals surface area contributed by atoms with Crippen LogP contribution in [0.3, 0.4) is 0 Å². The Bertz CT molecular complexity index is 1310. The first-order valence-corrected chi connectivity index (χ1v) is 13.9. The summed E-state index contributed by atoms with van der Waals surface area (Å²) in [5.41, 5.74) is 4.43. The molecule has 1 amide bonds. The molecule has 0 aliphatic heterocycles. The molecular formula is C30H33NO7S. The second kappa shape index (κ2) is 12.8. The molecule has 0 spiro atoms. The van der Waals surface area contributed by atoms with Gasteiger partial charge < -0.3 is 24.6 Å². The molecule has 8 nitrogen and oxygen atoms in total. The Hall–Kier alpha value is -3.85. The van der Waals surface area contributed by atoms with Crippen LogP contribution in [-0.2, 0) is 16.0 Å². The van der Waals surface area contributed by atoms with E-state index in [1.54, 1.807) is 36.4 Å². The average molecular weight is 552 g/mol. The van der Waals surface area contributed by atoms with Crippen molar-refractivity contribution in [1.29, 1.82) is 0 Å². The summed E-state index contributed by atoms with van der Waals surface area (Å²) in [7, 11) is 3.45. The number of carbonyl (C=O) groups is 3. The van der Waals surface area contributed by atoms with Crippen molar-refractivity contribution in [2.24, 2.45) is 0 Å². The Morgan fingerprint density at radius 3 is 2.44 bits per heavy atom. The zero-order chi connectivity index (χ0) is 27.9.